The molecule has 1 amide bonds. The van der Waals surface area contributed by atoms with E-state index in [1.807, 2.05) is 0 Å². The lowest BCUT2D eigenvalue weighted by Crippen LogP contribution is -2.33. The van der Waals surface area contributed by atoms with E-state index in [9.17, 15) is 36.5 Å². The number of nitro groups is 1. The van der Waals surface area contributed by atoms with Gasteiger partial charge in [0.2, 0.25) is 0 Å². The first-order valence-electron chi connectivity index (χ1n) is 10.8. The highest BCUT2D eigenvalue weighted by molar-refractivity contribution is 7.88. The van der Waals surface area contributed by atoms with Crippen LogP contribution in [0.2, 0.25) is 0 Å². The summed E-state index contributed by atoms with van der Waals surface area (Å²) >= 11 is 0. The smallest absolute Gasteiger partial charge is 0.381 e. The number of ether oxygens (including phenoxy) is 1. The Labute approximate surface area is 216 Å². The van der Waals surface area contributed by atoms with Gasteiger partial charge in [-0.25, -0.2) is 0 Å². The van der Waals surface area contributed by atoms with Gasteiger partial charge in [0.1, 0.15) is 0 Å². The second-order valence-corrected chi connectivity index (χ2v) is 9.21. The van der Waals surface area contributed by atoms with Crippen LogP contribution in [0.15, 0.2) is 84.9 Å². The number of methoxy groups -OCH3 is 1. The Balaban J connectivity index is 2.21. The molecule has 0 aliphatic rings. The van der Waals surface area contributed by atoms with Gasteiger partial charge in [0.15, 0.2) is 5.75 Å². The highest BCUT2D eigenvalue weighted by Crippen LogP contribution is 2.37. The molecule has 0 N–H and O–H groups in total. The third-order valence-electron chi connectivity index (χ3n) is 5.14. The molecule has 0 aliphatic heterocycles. The van der Waals surface area contributed by atoms with E-state index in [0.29, 0.717) is 5.56 Å². The van der Waals surface area contributed by atoms with Crippen LogP contribution in [0.5, 0.6) is 5.75 Å². The maximum Gasteiger partial charge on any atom is 0.534 e. The lowest BCUT2D eigenvalue weighted by atomic mass is 10.0. The first kappa shape index (κ1) is 28.3. The molecule has 0 radical (unpaired) electrons. The summed E-state index contributed by atoms with van der Waals surface area (Å²) in [6.45, 7) is -0.371. The van der Waals surface area contributed by atoms with Crippen LogP contribution in [0.4, 0.5) is 24.5 Å². The van der Waals surface area contributed by atoms with Crippen molar-refractivity contribution in [3.63, 3.8) is 0 Å². The molecule has 0 unspecified atom stereocenters. The van der Waals surface area contributed by atoms with Gasteiger partial charge in [-0.3, -0.25) is 14.9 Å². The standard InChI is InChI=1S/C25H21F3N2O7S/c1-36-16-15-20(19-11-5-6-12-21(19)30(32)33)24(31)29(17-18-9-3-2-4-10-18)22-13-7-8-14-23(22)37-38(34,35)25(26,27)28/h2-15H,16-17H2,1H3/b20-15-. The van der Waals surface area contributed by atoms with E-state index < -0.39 is 37.9 Å². The van der Waals surface area contributed by atoms with Crippen molar-refractivity contribution in [1.82, 2.24) is 0 Å². The normalized spacial score (nSPS) is 12.2. The van der Waals surface area contributed by atoms with Crippen molar-refractivity contribution in [3.05, 3.63) is 106 Å². The van der Waals surface area contributed by atoms with Crippen LogP contribution in [-0.4, -0.2) is 38.5 Å². The molecule has 0 atom stereocenters. The third kappa shape index (κ3) is 6.55. The van der Waals surface area contributed by atoms with E-state index in [-0.39, 0.29) is 30.0 Å². The molecule has 38 heavy (non-hydrogen) atoms. The molecule has 0 saturated carbocycles. The molecule has 0 heterocycles. The van der Waals surface area contributed by atoms with Crippen molar-refractivity contribution < 1.29 is 40.2 Å². The number of hydrogen-bond acceptors (Lipinski definition) is 7. The maximum absolute atomic E-state index is 14.0. The van der Waals surface area contributed by atoms with Crippen LogP contribution in [-0.2, 0) is 26.2 Å². The summed E-state index contributed by atoms with van der Waals surface area (Å²) in [5.74, 6) is -1.64. The molecule has 9 nitrogen and oxygen atoms in total. The van der Waals surface area contributed by atoms with Crippen LogP contribution >= 0.6 is 0 Å². The molecular formula is C25H21F3N2O7S. The molecule has 0 spiro atoms. The third-order valence-corrected chi connectivity index (χ3v) is 6.11. The highest BCUT2D eigenvalue weighted by atomic mass is 32.2. The van der Waals surface area contributed by atoms with Crippen molar-refractivity contribution >= 4 is 33.0 Å². The number of carbonyl (C=O) groups excluding carboxylic acids is 1. The van der Waals surface area contributed by atoms with Crippen LogP contribution in [0.25, 0.3) is 5.57 Å². The Bertz CT molecular complexity index is 1440. The number of rotatable bonds is 10. The SMILES string of the molecule is COC/C=C(\C(=O)N(Cc1ccccc1)c1ccccc1OS(=O)(=O)C(F)(F)F)c1ccccc1[N+](=O)[O-]. The van der Waals surface area contributed by atoms with Gasteiger partial charge in [0.05, 0.1) is 34.9 Å². The van der Waals surface area contributed by atoms with Crippen LogP contribution in [0.1, 0.15) is 11.1 Å². The zero-order chi connectivity index (χ0) is 27.9. The Morgan fingerprint density at radius 2 is 1.61 bits per heavy atom. The second kappa shape index (κ2) is 11.9. The van der Waals surface area contributed by atoms with Crippen LogP contribution in [0.3, 0.4) is 0 Å². The van der Waals surface area contributed by atoms with Crippen molar-refractivity contribution in [1.29, 1.82) is 0 Å². The number of carbonyl (C=O) groups is 1. The monoisotopic (exact) mass is 550 g/mol. The number of halogens is 3. The lowest BCUT2D eigenvalue weighted by Gasteiger charge is -2.26. The van der Waals surface area contributed by atoms with Gasteiger partial charge < -0.3 is 13.8 Å². The molecule has 3 aromatic carbocycles. The summed E-state index contributed by atoms with van der Waals surface area (Å²) in [5.41, 5.74) is -6.16. The van der Waals surface area contributed by atoms with Crippen LogP contribution in [0, 0.1) is 10.1 Å². The molecule has 0 fully saturated rings. The Hall–Kier alpha value is -4.23. The number of hydrogen-bond donors (Lipinski definition) is 0. The van der Waals surface area contributed by atoms with Gasteiger partial charge in [-0.2, -0.15) is 21.6 Å². The van der Waals surface area contributed by atoms with Gasteiger partial charge in [-0.15, -0.1) is 0 Å². The summed E-state index contributed by atoms with van der Waals surface area (Å²) in [7, 11) is -4.73. The quantitative estimate of drug-likeness (QED) is 0.114. The van der Waals surface area contributed by atoms with Gasteiger partial charge >= 0.3 is 15.6 Å². The minimum atomic E-state index is -6.07. The number of alkyl halides is 3. The van der Waals surface area contributed by atoms with E-state index >= 15 is 0 Å². The van der Waals surface area contributed by atoms with Gasteiger partial charge in [-0.1, -0.05) is 54.6 Å². The van der Waals surface area contributed by atoms with E-state index in [4.69, 9.17) is 4.74 Å². The summed E-state index contributed by atoms with van der Waals surface area (Å²) in [4.78, 5) is 26.0. The predicted molar refractivity (Wildman–Crippen MR) is 133 cm³/mol. The fraction of sp³-hybridized carbons (Fsp3) is 0.160. The van der Waals surface area contributed by atoms with Gasteiger partial charge in [0, 0.05) is 13.2 Å². The summed E-state index contributed by atoms with van der Waals surface area (Å²) in [6, 6.07) is 18.5. The highest BCUT2D eigenvalue weighted by Gasteiger charge is 2.49. The molecule has 0 bridgehead atoms. The largest absolute Gasteiger partial charge is 0.534 e. The second-order valence-electron chi connectivity index (χ2n) is 7.68. The minimum absolute atomic E-state index is 0.0704. The molecule has 13 heteroatoms. The summed E-state index contributed by atoms with van der Waals surface area (Å²) in [6.07, 6.45) is 1.29. The maximum atomic E-state index is 14.0. The first-order valence-corrected chi connectivity index (χ1v) is 12.3. The van der Waals surface area contributed by atoms with E-state index in [1.54, 1.807) is 30.3 Å². The number of nitrogens with zero attached hydrogens (tertiary/aromatic N) is 2. The zero-order valence-corrected chi connectivity index (χ0v) is 20.6. The summed E-state index contributed by atoms with van der Waals surface area (Å²) in [5, 5.41) is 11.7. The number of para-hydroxylation sites is 3. The number of benzene rings is 3. The van der Waals surface area contributed by atoms with E-state index in [2.05, 4.69) is 4.18 Å². The molecular weight excluding hydrogens is 529 g/mol. The predicted octanol–water partition coefficient (Wildman–Crippen LogP) is 5.09. The number of nitro benzene ring substituents is 1. The molecule has 0 aromatic heterocycles. The van der Waals surface area contributed by atoms with E-state index in [0.717, 1.165) is 11.0 Å². The van der Waals surface area contributed by atoms with Crippen LogP contribution < -0.4 is 9.08 Å². The minimum Gasteiger partial charge on any atom is -0.381 e. The van der Waals surface area contributed by atoms with Crippen molar-refractivity contribution in [2.45, 2.75) is 12.1 Å². The van der Waals surface area contributed by atoms with Crippen molar-refractivity contribution in [2.75, 3.05) is 18.6 Å². The van der Waals surface area contributed by atoms with Gasteiger partial charge in [0.25, 0.3) is 11.6 Å². The summed E-state index contributed by atoms with van der Waals surface area (Å²) < 4.78 is 72.3. The number of anilines is 1. The topological polar surface area (TPSA) is 116 Å². The molecule has 0 aliphatic carbocycles. The zero-order valence-electron chi connectivity index (χ0n) is 19.8. The molecule has 200 valence electrons. The Morgan fingerprint density at radius 3 is 2.24 bits per heavy atom. The fourth-order valence-electron chi connectivity index (χ4n) is 3.43. The molecule has 3 aromatic rings. The Morgan fingerprint density at radius 1 is 1.00 bits per heavy atom. The number of amides is 1. The van der Waals surface area contributed by atoms with E-state index in [1.165, 1.54) is 55.7 Å². The lowest BCUT2D eigenvalue weighted by molar-refractivity contribution is -0.385. The average molecular weight is 551 g/mol. The first-order chi connectivity index (χ1) is 18.0. The average Bonchev–Trinajstić information content (AvgIpc) is 2.88. The molecule has 3 rings (SSSR count). The Kier molecular flexibility index (Phi) is 8.86. The van der Waals surface area contributed by atoms with Crippen molar-refractivity contribution in [2.24, 2.45) is 0 Å². The van der Waals surface area contributed by atoms with Gasteiger partial charge in [-0.05, 0) is 29.8 Å². The molecule has 0 saturated heterocycles. The fourth-order valence-corrected chi connectivity index (χ4v) is 3.91. The van der Waals surface area contributed by atoms with Crippen molar-refractivity contribution in [3.8, 4) is 5.75 Å².